The van der Waals surface area contributed by atoms with Gasteiger partial charge in [0.05, 0.1) is 5.75 Å². The molecule has 1 aliphatic heterocycles. The molecular formula is C12H16F2N2O2S. The highest BCUT2D eigenvalue weighted by molar-refractivity contribution is 7.88. The maximum Gasteiger partial charge on any atom is 0.215 e. The van der Waals surface area contributed by atoms with Gasteiger partial charge in [-0.1, -0.05) is 12.1 Å². The Balaban J connectivity index is 1.86. The van der Waals surface area contributed by atoms with Gasteiger partial charge in [0.15, 0.2) is 0 Å². The van der Waals surface area contributed by atoms with Gasteiger partial charge >= 0.3 is 0 Å². The van der Waals surface area contributed by atoms with Crippen LogP contribution in [0.2, 0.25) is 0 Å². The fourth-order valence-electron chi connectivity index (χ4n) is 2.00. The molecule has 2 atom stereocenters. The smallest absolute Gasteiger partial charge is 0.215 e. The molecule has 0 unspecified atom stereocenters. The first-order chi connectivity index (χ1) is 8.94. The molecule has 1 aromatic rings. The standard InChI is InChI=1S/C12H16F2N2O2S/c13-10-3-1-9(2-4-10)8-19(17,18)16-7-12-5-11(14)6-15-12/h1-4,11-12,15-16H,5-8H2/t11-,12-/m0/s1. The van der Waals surface area contributed by atoms with Crippen molar-refractivity contribution in [2.75, 3.05) is 13.1 Å². The third kappa shape index (κ3) is 4.52. The molecule has 1 aliphatic rings. The second-order valence-electron chi connectivity index (χ2n) is 4.67. The quantitative estimate of drug-likeness (QED) is 0.849. The summed E-state index contributed by atoms with van der Waals surface area (Å²) in [6, 6.07) is 5.13. The van der Waals surface area contributed by atoms with Crippen LogP contribution in [0.15, 0.2) is 24.3 Å². The van der Waals surface area contributed by atoms with E-state index in [1.807, 2.05) is 0 Å². The van der Waals surface area contributed by atoms with E-state index < -0.39 is 22.0 Å². The lowest BCUT2D eigenvalue weighted by atomic mass is 10.2. The van der Waals surface area contributed by atoms with E-state index in [2.05, 4.69) is 10.0 Å². The van der Waals surface area contributed by atoms with Crippen LogP contribution in [0.5, 0.6) is 0 Å². The molecule has 106 valence electrons. The van der Waals surface area contributed by atoms with E-state index in [0.29, 0.717) is 12.0 Å². The number of nitrogens with one attached hydrogen (secondary N) is 2. The number of benzene rings is 1. The zero-order valence-electron chi connectivity index (χ0n) is 10.3. The van der Waals surface area contributed by atoms with Crippen LogP contribution in [0.4, 0.5) is 8.78 Å². The molecule has 1 heterocycles. The molecular weight excluding hydrogens is 274 g/mol. The van der Waals surface area contributed by atoms with Crippen LogP contribution in [0.3, 0.4) is 0 Å². The van der Waals surface area contributed by atoms with Crippen molar-refractivity contribution in [3.8, 4) is 0 Å². The number of halogens is 2. The van der Waals surface area contributed by atoms with Crippen molar-refractivity contribution in [3.63, 3.8) is 0 Å². The summed E-state index contributed by atoms with van der Waals surface area (Å²) in [7, 11) is -3.49. The monoisotopic (exact) mass is 290 g/mol. The summed E-state index contributed by atoms with van der Waals surface area (Å²) in [5.74, 6) is -0.614. The zero-order valence-corrected chi connectivity index (χ0v) is 11.1. The Bertz CT molecular complexity index is 519. The molecule has 0 spiro atoms. The molecule has 2 rings (SSSR count). The Morgan fingerprint density at radius 1 is 1.32 bits per heavy atom. The van der Waals surface area contributed by atoms with Gasteiger partial charge < -0.3 is 5.32 Å². The molecule has 4 nitrogen and oxygen atoms in total. The molecule has 7 heteroatoms. The molecule has 0 saturated carbocycles. The van der Waals surface area contributed by atoms with Crippen molar-refractivity contribution in [1.82, 2.24) is 10.0 Å². The highest BCUT2D eigenvalue weighted by Gasteiger charge is 2.24. The number of hydrogen-bond donors (Lipinski definition) is 2. The predicted octanol–water partition coefficient (Wildman–Crippen LogP) is 0.945. The normalized spacial score (nSPS) is 23.7. The number of sulfonamides is 1. The van der Waals surface area contributed by atoms with Crippen molar-refractivity contribution in [3.05, 3.63) is 35.6 Å². The van der Waals surface area contributed by atoms with E-state index >= 15 is 0 Å². The van der Waals surface area contributed by atoms with Crippen molar-refractivity contribution in [1.29, 1.82) is 0 Å². The lowest BCUT2D eigenvalue weighted by Gasteiger charge is -2.11. The minimum Gasteiger partial charge on any atom is -0.310 e. The maximum atomic E-state index is 12.9. The lowest BCUT2D eigenvalue weighted by molar-refractivity contribution is 0.355. The summed E-state index contributed by atoms with van der Waals surface area (Å²) in [6.45, 7) is 0.439. The Morgan fingerprint density at radius 2 is 2.00 bits per heavy atom. The predicted molar refractivity (Wildman–Crippen MR) is 68.3 cm³/mol. The van der Waals surface area contributed by atoms with Gasteiger partial charge in [-0.25, -0.2) is 21.9 Å². The van der Waals surface area contributed by atoms with Crippen LogP contribution in [0, 0.1) is 5.82 Å². The first-order valence-electron chi connectivity index (χ1n) is 6.04. The Kier molecular flexibility index (Phi) is 4.49. The van der Waals surface area contributed by atoms with Crippen LogP contribution in [0.25, 0.3) is 0 Å². The third-order valence-electron chi connectivity index (χ3n) is 2.99. The summed E-state index contributed by atoms with van der Waals surface area (Å²) in [5.41, 5.74) is 0.511. The van der Waals surface area contributed by atoms with Crippen LogP contribution in [-0.2, 0) is 15.8 Å². The molecule has 19 heavy (non-hydrogen) atoms. The van der Waals surface area contributed by atoms with E-state index in [1.54, 1.807) is 0 Å². The first-order valence-corrected chi connectivity index (χ1v) is 7.69. The van der Waals surface area contributed by atoms with Gasteiger partial charge in [0.2, 0.25) is 10.0 Å². The average molecular weight is 290 g/mol. The molecule has 1 aromatic carbocycles. The summed E-state index contributed by atoms with van der Waals surface area (Å²) >= 11 is 0. The number of rotatable bonds is 5. The molecule has 0 amide bonds. The van der Waals surface area contributed by atoms with Gasteiger partial charge in [-0.2, -0.15) is 0 Å². The Labute approximate surface area is 111 Å². The van der Waals surface area contributed by atoms with Gasteiger partial charge in [-0.15, -0.1) is 0 Å². The van der Waals surface area contributed by atoms with E-state index in [-0.39, 0.29) is 24.9 Å². The third-order valence-corrected chi connectivity index (χ3v) is 4.31. The van der Waals surface area contributed by atoms with Gasteiger partial charge in [-0.3, -0.25) is 0 Å². The maximum absolute atomic E-state index is 12.9. The highest BCUT2D eigenvalue weighted by atomic mass is 32.2. The van der Waals surface area contributed by atoms with Crippen molar-refractivity contribution in [2.45, 2.75) is 24.4 Å². The van der Waals surface area contributed by atoms with Gasteiger partial charge in [0.1, 0.15) is 12.0 Å². The molecule has 0 bridgehead atoms. The van der Waals surface area contributed by atoms with Crippen molar-refractivity contribution >= 4 is 10.0 Å². The summed E-state index contributed by atoms with van der Waals surface area (Å²) in [6.07, 6.45) is -0.592. The Morgan fingerprint density at radius 3 is 2.58 bits per heavy atom. The number of alkyl halides is 1. The summed E-state index contributed by atoms with van der Waals surface area (Å²) < 4.78 is 51.6. The lowest BCUT2D eigenvalue weighted by Crippen LogP contribution is -2.37. The second-order valence-corrected chi connectivity index (χ2v) is 6.48. The molecule has 2 N–H and O–H groups in total. The minimum absolute atomic E-state index is 0.169. The fraction of sp³-hybridized carbons (Fsp3) is 0.500. The van der Waals surface area contributed by atoms with Crippen LogP contribution in [-0.4, -0.2) is 33.7 Å². The van der Waals surface area contributed by atoms with Crippen molar-refractivity contribution in [2.24, 2.45) is 0 Å². The molecule has 0 radical (unpaired) electrons. The van der Waals surface area contributed by atoms with Crippen LogP contribution >= 0.6 is 0 Å². The van der Waals surface area contributed by atoms with Crippen LogP contribution in [0.1, 0.15) is 12.0 Å². The van der Waals surface area contributed by atoms with Crippen molar-refractivity contribution < 1.29 is 17.2 Å². The largest absolute Gasteiger partial charge is 0.310 e. The van der Waals surface area contributed by atoms with Gasteiger partial charge in [0.25, 0.3) is 0 Å². The summed E-state index contributed by atoms with van der Waals surface area (Å²) in [4.78, 5) is 0. The number of hydrogen-bond acceptors (Lipinski definition) is 3. The summed E-state index contributed by atoms with van der Waals surface area (Å²) in [5, 5.41) is 2.90. The van der Waals surface area contributed by atoms with E-state index in [9.17, 15) is 17.2 Å². The fourth-order valence-corrected chi connectivity index (χ4v) is 3.19. The highest BCUT2D eigenvalue weighted by Crippen LogP contribution is 2.10. The Hall–Kier alpha value is -1.05. The average Bonchev–Trinajstić information content (AvgIpc) is 2.76. The van der Waals surface area contributed by atoms with E-state index in [4.69, 9.17) is 0 Å². The molecule has 0 aromatic heterocycles. The van der Waals surface area contributed by atoms with Crippen LogP contribution < -0.4 is 10.0 Å². The van der Waals surface area contributed by atoms with E-state index in [0.717, 1.165) is 0 Å². The minimum atomic E-state index is -3.49. The molecule has 1 fully saturated rings. The zero-order chi connectivity index (χ0) is 13.9. The van der Waals surface area contributed by atoms with Gasteiger partial charge in [0, 0.05) is 19.1 Å². The van der Waals surface area contributed by atoms with E-state index in [1.165, 1.54) is 24.3 Å². The topological polar surface area (TPSA) is 58.2 Å². The second kappa shape index (κ2) is 5.94. The van der Waals surface area contributed by atoms with Gasteiger partial charge in [-0.05, 0) is 24.1 Å². The molecule has 1 saturated heterocycles. The molecule has 0 aliphatic carbocycles. The SMILES string of the molecule is O=S(=O)(Cc1ccc(F)cc1)NC[C@@H]1C[C@H](F)CN1. The first kappa shape index (κ1) is 14.4.